The van der Waals surface area contributed by atoms with E-state index in [1.54, 1.807) is 6.33 Å². The van der Waals surface area contributed by atoms with E-state index < -0.39 is 0 Å². The molecule has 2 atom stereocenters. The molecule has 7 heteroatoms. The van der Waals surface area contributed by atoms with Gasteiger partial charge in [-0.3, -0.25) is 4.79 Å². The molecule has 0 radical (unpaired) electrons. The molecule has 2 aromatic rings. The fourth-order valence-corrected chi connectivity index (χ4v) is 5.18. The molecular weight excluding hydrogens is 463 g/mol. The Labute approximate surface area is 215 Å². The highest BCUT2D eigenvalue weighted by Gasteiger charge is 2.28. The first-order valence-electron chi connectivity index (χ1n) is 12.9. The lowest BCUT2D eigenvalue weighted by Gasteiger charge is -2.29. The number of aryl methyl sites for hydroxylation is 1. The molecule has 1 heterocycles. The second-order valence-electron chi connectivity index (χ2n) is 12.0. The maximum Gasteiger partial charge on any atom is 0.228 e. The molecule has 0 bridgehead atoms. The molecule has 35 heavy (non-hydrogen) atoms. The van der Waals surface area contributed by atoms with Crippen LogP contribution >= 0.6 is 11.6 Å². The van der Waals surface area contributed by atoms with Crippen molar-refractivity contribution in [3.63, 3.8) is 0 Å². The number of benzene rings is 1. The number of halogens is 2. The van der Waals surface area contributed by atoms with Crippen molar-refractivity contribution in [2.45, 2.75) is 85.6 Å². The smallest absolute Gasteiger partial charge is 0.228 e. The number of hydrogen-bond acceptors (Lipinski definition) is 3. The normalized spacial score (nSPS) is 17.2. The van der Waals surface area contributed by atoms with E-state index in [9.17, 15) is 9.18 Å². The van der Waals surface area contributed by atoms with E-state index >= 15 is 0 Å². The van der Waals surface area contributed by atoms with E-state index in [0.29, 0.717) is 17.3 Å². The van der Waals surface area contributed by atoms with Gasteiger partial charge in [0.15, 0.2) is 5.82 Å². The van der Waals surface area contributed by atoms with Crippen LogP contribution in [0.25, 0.3) is 0 Å². The quantitative estimate of drug-likeness (QED) is 0.383. The van der Waals surface area contributed by atoms with E-state index in [1.807, 2.05) is 12.3 Å². The van der Waals surface area contributed by atoms with Crippen LogP contribution in [0.3, 0.4) is 0 Å². The number of amides is 1. The molecule has 1 aliphatic rings. The van der Waals surface area contributed by atoms with Crippen LogP contribution in [0.4, 0.5) is 10.2 Å². The second kappa shape index (κ2) is 11.4. The van der Waals surface area contributed by atoms with Gasteiger partial charge in [-0.05, 0) is 80.5 Å². The van der Waals surface area contributed by atoms with Crippen molar-refractivity contribution in [3.05, 3.63) is 46.6 Å². The number of anilines is 1. The van der Waals surface area contributed by atoms with Crippen molar-refractivity contribution in [1.82, 2.24) is 14.9 Å². The predicted molar refractivity (Wildman–Crippen MR) is 142 cm³/mol. The molecule has 0 saturated heterocycles. The average molecular weight is 505 g/mol. The zero-order valence-corrected chi connectivity index (χ0v) is 22.9. The summed E-state index contributed by atoms with van der Waals surface area (Å²) in [5.74, 6) is 0.524. The monoisotopic (exact) mass is 504 g/mol. The Morgan fingerprint density at radius 1 is 1.26 bits per heavy atom. The highest BCUT2D eigenvalue weighted by molar-refractivity contribution is 6.30. The van der Waals surface area contributed by atoms with Crippen molar-refractivity contribution >= 4 is 23.3 Å². The van der Waals surface area contributed by atoms with Crippen LogP contribution in [0.2, 0.25) is 5.02 Å². The third-order valence-corrected chi connectivity index (χ3v) is 7.16. The number of nitrogens with zero attached hydrogens (tertiary/aromatic N) is 2. The molecule has 194 valence electrons. The summed E-state index contributed by atoms with van der Waals surface area (Å²) in [6, 6.07) is 3.28. The first-order valence-corrected chi connectivity index (χ1v) is 13.3. The van der Waals surface area contributed by atoms with E-state index in [1.165, 1.54) is 6.07 Å². The van der Waals surface area contributed by atoms with E-state index in [4.69, 9.17) is 11.6 Å². The molecule has 0 saturated carbocycles. The topological polar surface area (TPSA) is 59.0 Å². The summed E-state index contributed by atoms with van der Waals surface area (Å²) >= 11 is 6.03. The molecule has 0 spiro atoms. The molecule has 1 aromatic heterocycles. The maximum absolute atomic E-state index is 14.5. The lowest BCUT2D eigenvalue weighted by Crippen LogP contribution is -2.40. The SMILES string of the molecule is CCCC(CC1CCc2cc(Cl)cc(F)c2C1)C(=O)Nc1cn(C(C)(C)CNCC(C)(C)C)cn1. The minimum Gasteiger partial charge on any atom is -0.328 e. The minimum atomic E-state index is -0.223. The lowest BCUT2D eigenvalue weighted by atomic mass is 9.78. The molecule has 5 nitrogen and oxygen atoms in total. The van der Waals surface area contributed by atoms with Crippen LogP contribution in [-0.2, 0) is 23.2 Å². The number of nitrogens with one attached hydrogen (secondary N) is 2. The zero-order valence-electron chi connectivity index (χ0n) is 22.2. The predicted octanol–water partition coefficient (Wildman–Crippen LogP) is 6.60. The maximum atomic E-state index is 14.5. The van der Waals surface area contributed by atoms with Crippen molar-refractivity contribution in [2.24, 2.45) is 17.3 Å². The Bertz CT molecular complexity index is 1010. The van der Waals surface area contributed by atoms with E-state index in [-0.39, 0.29) is 34.5 Å². The molecule has 0 fully saturated rings. The molecule has 2 N–H and O–H groups in total. The van der Waals surface area contributed by atoms with Gasteiger partial charge >= 0.3 is 0 Å². The molecule has 1 aromatic carbocycles. The van der Waals surface area contributed by atoms with Gasteiger partial charge in [0.25, 0.3) is 0 Å². The summed E-state index contributed by atoms with van der Waals surface area (Å²) in [6.07, 6.45) is 8.60. The molecular formula is C28H42ClFN4O. The van der Waals surface area contributed by atoms with Crippen LogP contribution in [0.5, 0.6) is 0 Å². The lowest BCUT2D eigenvalue weighted by molar-refractivity contribution is -0.120. The van der Waals surface area contributed by atoms with Crippen LogP contribution in [0.15, 0.2) is 24.7 Å². The molecule has 0 aliphatic heterocycles. The Kier molecular flexibility index (Phi) is 9.03. The largest absolute Gasteiger partial charge is 0.328 e. The molecule has 1 aliphatic carbocycles. The Balaban J connectivity index is 1.61. The van der Waals surface area contributed by atoms with Crippen LogP contribution in [-0.4, -0.2) is 28.5 Å². The Morgan fingerprint density at radius 3 is 2.69 bits per heavy atom. The highest BCUT2D eigenvalue weighted by atomic mass is 35.5. The summed E-state index contributed by atoms with van der Waals surface area (Å²) in [6.45, 7) is 14.8. The number of imidazole rings is 1. The van der Waals surface area contributed by atoms with Gasteiger partial charge in [0.1, 0.15) is 5.82 Å². The van der Waals surface area contributed by atoms with Gasteiger partial charge in [0, 0.05) is 30.2 Å². The Morgan fingerprint density at radius 2 is 2.00 bits per heavy atom. The summed E-state index contributed by atoms with van der Waals surface area (Å²) in [7, 11) is 0. The fourth-order valence-electron chi connectivity index (χ4n) is 4.95. The van der Waals surface area contributed by atoms with Crippen molar-refractivity contribution in [2.75, 3.05) is 18.4 Å². The van der Waals surface area contributed by atoms with Gasteiger partial charge < -0.3 is 15.2 Å². The van der Waals surface area contributed by atoms with Gasteiger partial charge in [-0.2, -0.15) is 0 Å². The summed E-state index contributed by atoms with van der Waals surface area (Å²) in [5.41, 5.74) is 1.82. The van der Waals surface area contributed by atoms with Gasteiger partial charge in [-0.25, -0.2) is 9.37 Å². The first-order chi connectivity index (χ1) is 16.4. The van der Waals surface area contributed by atoms with Crippen molar-refractivity contribution < 1.29 is 9.18 Å². The molecule has 2 unspecified atom stereocenters. The van der Waals surface area contributed by atoms with Gasteiger partial charge in [-0.15, -0.1) is 0 Å². The van der Waals surface area contributed by atoms with E-state index in [0.717, 1.165) is 56.3 Å². The summed E-state index contributed by atoms with van der Waals surface area (Å²) in [4.78, 5) is 17.7. The standard InChI is InChI=1S/C28H42ClFN4O/c1-7-8-21(11-19-9-10-20-13-22(29)14-24(30)23(20)12-19)26(35)33-25-15-34(18-32-25)28(5,6)17-31-16-27(2,3)4/h13-15,18-19,21,31H,7-12,16-17H2,1-6H3,(H,33,35). The first kappa shape index (κ1) is 27.7. The minimum absolute atomic E-state index is 0.00291. The fraction of sp³-hybridized carbons (Fsp3) is 0.643. The number of rotatable bonds is 10. The number of fused-ring (bicyclic) bond motifs is 1. The molecule has 3 rings (SSSR count). The summed E-state index contributed by atoms with van der Waals surface area (Å²) < 4.78 is 16.5. The average Bonchev–Trinajstić information content (AvgIpc) is 3.22. The molecule has 1 amide bonds. The van der Waals surface area contributed by atoms with Crippen LogP contribution in [0.1, 0.15) is 78.4 Å². The number of carbonyl (C=O) groups is 1. The number of hydrogen-bond donors (Lipinski definition) is 2. The van der Waals surface area contributed by atoms with Crippen molar-refractivity contribution in [1.29, 1.82) is 0 Å². The highest BCUT2D eigenvalue weighted by Crippen LogP contribution is 2.34. The number of carbonyl (C=O) groups excluding carboxylic acids is 1. The van der Waals surface area contributed by atoms with Crippen LogP contribution in [0, 0.1) is 23.1 Å². The van der Waals surface area contributed by atoms with Crippen molar-refractivity contribution in [3.8, 4) is 0 Å². The number of aromatic nitrogens is 2. The van der Waals surface area contributed by atoms with Gasteiger partial charge in [0.2, 0.25) is 5.91 Å². The summed E-state index contributed by atoms with van der Waals surface area (Å²) in [5, 5.41) is 7.04. The third kappa shape index (κ3) is 7.78. The van der Waals surface area contributed by atoms with Gasteiger partial charge in [0.05, 0.1) is 11.9 Å². The Hall–Kier alpha value is -1.92. The second-order valence-corrected chi connectivity index (χ2v) is 12.4. The third-order valence-electron chi connectivity index (χ3n) is 6.94. The van der Waals surface area contributed by atoms with Gasteiger partial charge in [-0.1, -0.05) is 45.7 Å². The van der Waals surface area contributed by atoms with E-state index in [2.05, 4.69) is 61.7 Å². The van der Waals surface area contributed by atoms with Crippen LogP contribution < -0.4 is 10.6 Å². The zero-order chi connectivity index (χ0) is 25.8.